The molecule has 2 aromatic rings. The maximum absolute atomic E-state index is 13.4. The topological polar surface area (TPSA) is 94.5 Å². The molecule has 8 nitrogen and oxygen atoms in total. The average Bonchev–Trinajstić information content (AvgIpc) is 3.14. The summed E-state index contributed by atoms with van der Waals surface area (Å²) in [6, 6.07) is 3.24. The molecule has 0 aromatic carbocycles. The predicted octanol–water partition coefficient (Wildman–Crippen LogP) is 4.01. The van der Waals surface area contributed by atoms with Crippen molar-refractivity contribution in [2.45, 2.75) is 70.9 Å². The van der Waals surface area contributed by atoms with Crippen LogP contribution in [-0.2, 0) is 14.3 Å². The molecule has 0 spiro atoms. The summed E-state index contributed by atoms with van der Waals surface area (Å²) >= 11 is 0. The maximum atomic E-state index is 13.4. The Labute approximate surface area is 208 Å². The van der Waals surface area contributed by atoms with Crippen LogP contribution in [0.2, 0.25) is 0 Å². The summed E-state index contributed by atoms with van der Waals surface area (Å²) in [4.78, 5) is 26.5. The van der Waals surface area contributed by atoms with Crippen molar-refractivity contribution in [3.05, 3.63) is 36.5 Å². The number of rotatable bonds is 9. The van der Waals surface area contributed by atoms with Crippen molar-refractivity contribution in [1.29, 1.82) is 0 Å². The number of hydrogen-bond donors (Lipinski definition) is 0. The number of ether oxygens (including phenoxy) is 2. The molecule has 1 saturated heterocycles. The Hall–Kier alpha value is -2.75. The van der Waals surface area contributed by atoms with Crippen LogP contribution < -0.4 is 14.4 Å². The predicted molar refractivity (Wildman–Crippen MR) is 139 cm³/mol. The molecule has 0 N–H and O–H groups in total. The zero-order valence-electron chi connectivity index (χ0n) is 21.5. The van der Waals surface area contributed by atoms with E-state index in [1.54, 1.807) is 42.6 Å². The van der Waals surface area contributed by atoms with E-state index >= 15 is 0 Å². The summed E-state index contributed by atoms with van der Waals surface area (Å²) in [6.45, 7) is 9.22. The van der Waals surface area contributed by atoms with Crippen LogP contribution in [0.25, 0.3) is 0 Å². The van der Waals surface area contributed by atoms with E-state index in [0.29, 0.717) is 41.4 Å². The van der Waals surface area contributed by atoms with Gasteiger partial charge in [0.1, 0.15) is 23.8 Å². The molecule has 35 heavy (non-hydrogen) atoms. The third kappa shape index (κ3) is 9.08. The van der Waals surface area contributed by atoms with E-state index in [4.69, 9.17) is 9.47 Å². The summed E-state index contributed by atoms with van der Waals surface area (Å²) in [5, 5.41) is 0.317. The van der Waals surface area contributed by atoms with E-state index in [2.05, 4.69) is 34.7 Å². The third-order valence-electron chi connectivity index (χ3n) is 5.40. The summed E-state index contributed by atoms with van der Waals surface area (Å²) in [7, 11) is -1.77. The first kappa shape index (κ1) is 28.5. The Balaban J connectivity index is 0.000000410. The zero-order chi connectivity index (χ0) is 26.2. The van der Waals surface area contributed by atoms with Gasteiger partial charge in [-0.05, 0) is 55.1 Å². The highest BCUT2D eigenvalue weighted by atomic mass is 32.2. The van der Waals surface area contributed by atoms with Gasteiger partial charge in [-0.1, -0.05) is 13.8 Å². The van der Waals surface area contributed by atoms with Gasteiger partial charge in [0.15, 0.2) is 6.10 Å². The van der Waals surface area contributed by atoms with Gasteiger partial charge in [-0.2, -0.15) is 0 Å². The summed E-state index contributed by atoms with van der Waals surface area (Å²) in [5.74, 6) is 4.91. The first-order valence-corrected chi connectivity index (χ1v) is 13.9. The van der Waals surface area contributed by atoms with Crippen molar-refractivity contribution in [1.82, 2.24) is 15.0 Å². The number of carbonyl (C=O) groups excluding carboxylic acids is 1. The van der Waals surface area contributed by atoms with Gasteiger partial charge in [0.2, 0.25) is 5.88 Å². The van der Waals surface area contributed by atoms with Crippen molar-refractivity contribution >= 4 is 27.0 Å². The minimum atomic E-state index is -1.77. The lowest BCUT2D eigenvalue weighted by Gasteiger charge is -2.17. The lowest BCUT2D eigenvalue weighted by atomic mass is 10.2. The minimum absolute atomic E-state index is 0.0884. The van der Waals surface area contributed by atoms with Crippen LogP contribution in [0.3, 0.4) is 0 Å². The Kier molecular flexibility index (Phi) is 10.00. The van der Waals surface area contributed by atoms with E-state index in [1.165, 1.54) is 20.0 Å². The number of nitrogens with zero attached hydrogens (tertiary/aromatic N) is 4. The quantitative estimate of drug-likeness (QED) is 0.472. The number of halogens is 1. The fourth-order valence-corrected chi connectivity index (χ4v) is 4.88. The fraction of sp³-hybridized carbons (Fsp3) is 0.560. The van der Waals surface area contributed by atoms with E-state index in [0.717, 1.165) is 12.8 Å². The first-order chi connectivity index (χ1) is 16.3. The van der Waals surface area contributed by atoms with Gasteiger partial charge >= 0.3 is 0 Å². The highest BCUT2D eigenvalue weighted by molar-refractivity contribution is 8.00. The van der Waals surface area contributed by atoms with Crippen LogP contribution in [0, 0.1) is 6.92 Å². The van der Waals surface area contributed by atoms with Crippen LogP contribution in [0.5, 0.6) is 11.6 Å². The first-order valence-electron chi connectivity index (χ1n) is 11.7. The molecular weight excluding hydrogens is 471 g/mol. The van der Waals surface area contributed by atoms with Gasteiger partial charge in [0, 0.05) is 30.5 Å². The molecule has 0 radical (unpaired) electrons. The second-order valence-electron chi connectivity index (χ2n) is 9.22. The summed E-state index contributed by atoms with van der Waals surface area (Å²) < 4.78 is 35.7. The second kappa shape index (κ2) is 12.3. The number of anilines is 1. The van der Waals surface area contributed by atoms with Gasteiger partial charge in [-0.15, -0.1) is 0 Å². The molecule has 194 valence electrons. The molecule has 2 atom stereocenters. The van der Waals surface area contributed by atoms with Crippen molar-refractivity contribution in [3.8, 4) is 11.6 Å². The molecule has 1 aliphatic rings. The lowest BCUT2D eigenvalue weighted by molar-refractivity contribution is -0.122. The van der Waals surface area contributed by atoms with E-state index in [9.17, 15) is 13.4 Å². The Morgan fingerprint density at radius 3 is 2.29 bits per heavy atom. The second-order valence-corrected chi connectivity index (χ2v) is 12.0. The maximum Gasteiger partial charge on any atom is 0.268 e. The molecule has 3 heterocycles. The smallest absolute Gasteiger partial charge is 0.268 e. The average molecular weight is 509 g/mol. The molecule has 3 rings (SSSR count). The number of aryl methyl sites for hydroxylation is 1. The molecule has 2 aromatic heterocycles. The standard InChI is InChI=1S/C18H21FN4O3.C7H16OS/c1-12-20-8-13(9-21-12)23-7-6-15(17(23)24)26-14-4-5-16(22-10-14)25-11-18(2,3)19;1-5-7(6-2)9(3,4)8/h4-5,8-10,15H,6-7,11H2,1-3H3;7H,3,5-6H2,1-2,4H3. The van der Waals surface area contributed by atoms with Crippen LogP contribution >= 0.6 is 0 Å². The van der Waals surface area contributed by atoms with Crippen molar-refractivity contribution in [2.75, 3.05) is 24.3 Å². The number of alkyl halides is 1. The monoisotopic (exact) mass is 508 g/mol. The number of hydrogen-bond acceptors (Lipinski definition) is 7. The minimum Gasteiger partial charge on any atom is -0.479 e. The molecule has 0 saturated carbocycles. The van der Waals surface area contributed by atoms with Gasteiger partial charge in [-0.3, -0.25) is 9.00 Å². The highest BCUT2D eigenvalue weighted by Gasteiger charge is 2.34. The van der Waals surface area contributed by atoms with Crippen LogP contribution in [0.1, 0.15) is 52.8 Å². The molecule has 0 aliphatic carbocycles. The van der Waals surface area contributed by atoms with Crippen LogP contribution in [-0.4, -0.2) is 67.4 Å². The van der Waals surface area contributed by atoms with E-state index in [-0.39, 0.29) is 12.5 Å². The van der Waals surface area contributed by atoms with Gasteiger partial charge in [-0.25, -0.2) is 19.3 Å². The molecule has 2 unspecified atom stereocenters. The number of aromatic nitrogens is 3. The van der Waals surface area contributed by atoms with Crippen LogP contribution in [0.4, 0.5) is 10.1 Å². The van der Waals surface area contributed by atoms with Gasteiger partial charge in [0.25, 0.3) is 5.91 Å². The van der Waals surface area contributed by atoms with Crippen LogP contribution in [0.15, 0.2) is 30.7 Å². The number of pyridine rings is 1. The lowest BCUT2D eigenvalue weighted by Crippen LogP contribution is -2.32. The largest absolute Gasteiger partial charge is 0.479 e. The fourth-order valence-electron chi connectivity index (χ4n) is 3.47. The molecular formula is C25H37FN4O4S. The molecule has 1 fully saturated rings. The summed E-state index contributed by atoms with van der Waals surface area (Å²) in [5.41, 5.74) is -0.779. The highest BCUT2D eigenvalue weighted by Crippen LogP contribution is 2.24. The Morgan fingerprint density at radius 1 is 1.20 bits per heavy atom. The zero-order valence-corrected chi connectivity index (χ0v) is 22.3. The third-order valence-corrected chi connectivity index (χ3v) is 7.48. The Bertz CT molecular complexity index is 1050. The van der Waals surface area contributed by atoms with Crippen molar-refractivity contribution < 1.29 is 22.9 Å². The summed E-state index contributed by atoms with van der Waals surface area (Å²) in [6.07, 6.45) is 8.39. The van der Waals surface area contributed by atoms with Gasteiger partial charge in [0.05, 0.1) is 24.3 Å². The molecule has 10 heteroatoms. The van der Waals surface area contributed by atoms with E-state index < -0.39 is 21.3 Å². The Morgan fingerprint density at radius 2 is 1.83 bits per heavy atom. The molecule has 0 bridgehead atoms. The molecule has 1 aliphatic heterocycles. The van der Waals surface area contributed by atoms with Crippen molar-refractivity contribution in [3.63, 3.8) is 0 Å². The normalized spacial score (nSPS) is 17.5. The molecule has 1 amide bonds. The van der Waals surface area contributed by atoms with Crippen molar-refractivity contribution in [2.24, 2.45) is 0 Å². The van der Waals surface area contributed by atoms with Gasteiger partial charge < -0.3 is 14.4 Å². The number of amides is 1. The number of carbonyl (C=O) groups is 1. The SMILES string of the molecule is C=S(C)(=O)C(CC)CC.Cc1ncc(N2CCC(Oc3ccc(OCC(C)(C)F)nc3)C2=O)cn1. The van der Waals surface area contributed by atoms with E-state index in [1.807, 2.05) is 0 Å².